The van der Waals surface area contributed by atoms with Gasteiger partial charge < -0.3 is 9.84 Å². The number of hydrogen-bond acceptors (Lipinski definition) is 8. The molecule has 0 aliphatic heterocycles. The average Bonchev–Trinajstić information content (AvgIpc) is 3.06. The SMILES string of the molecule is Cc1cccc(-n2nc(C(=O)Nc3nc(C)c(C(=O)OCC(C)C)s3)c(O)cc2=O)c1. The van der Waals surface area contributed by atoms with E-state index in [1.54, 1.807) is 25.1 Å². The normalized spacial score (nSPS) is 10.9. The first-order chi connectivity index (χ1) is 14.7. The van der Waals surface area contributed by atoms with Crippen molar-refractivity contribution in [1.82, 2.24) is 14.8 Å². The van der Waals surface area contributed by atoms with Gasteiger partial charge in [-0.15, -0.1) is 0 Å². The number of esters is 1. The number of benzene rings is 1. The number of carbonyl (C=O) groups is 2. The average molecular weight is 442 g/mol. The smallest absolute Gasteiger partial charge is 0.350 e. The zero-order valence-corrected chi connectivity index (χ0v) is 18.3. The van der Waals surface area contributed by atoms with E-state index >= 15 is 0 Å². The molecule has 0 atom stereocenters. The van der Waals surface area contributed by atoms with Crippen molar-refractivity contribution in [3.8, 4) is 11.4 Å². The number of carbonyl (C=O) groups excluding carboxylic acids is 2. The molecule has 0 spiro atoms. The molecule has 0 saturated heterocycles. The number of hydrogen-bond donors (Lipinski definition) is 2. The zero-order chi connectivity index (χ0) is 22.7. The fourth-order valence-electron chi connectivity index (χ4n) is 2.66. The third-order valence-corrected chi connectivity index (χ3v) is 5.18. The molecule has 31 heavy (non-hydrogen) atoms. The first-order valence-corrected chi connectivity index (χ1v) is 10.3. The number of anilines is 1. The van der Waals surface area contributed by atoms with Crippen LogP contribution < -0.4 is 10.9 Å². The first kappa shape index (κ1) is 22.2. The molecule has 0 unspecified atom stereocenters. The Hall–Kier alpha value is -3.53. The van der Waals surface area contributed by atoms with E-state index in [4.69, 9.17) is 4.74 Å². The Morgan fingerprint density at radius 2 is 2.00 bits per heavy atom. The van der Waals surface area contributed by atoms with Gasteiger partial charge in [-0.3, -0.25) is 14.9 Å². The van der Waals surface area contributed by atoms with E-state index in [0.29, 0.717) is 11.4 Å². The van der Waals surface area contributed by atoms with Crippen molar-refractivity contribution >= 4 is 28.3 Å². The van der Waals surface area contributed by atoms with Crippen molar-refractivity contribution in [3.05, 3.63) is 62.5 Å². The van der Waals surface area contributed by atoms with Gasteiger partial charge in [-0.2, -0.15) is 9.78 Å². The van der Waals surface area contributed by atoms with Crippen LogP contribution in [-0.4, -0.2) is 38.4 Å². The molecule has 3 aromatic rings. The maximum atomic E-state index is 12.7. The van der Waals surface area contributed by atoms with Gasteiger partial charge in [-0.05, 0) is 37.5 Å². The van der Waals surface area contributed by atoms with Crippen molar-refractivity contribution in [3.63, 3.8) is 0 Å². The Balaban J connectivity index is 1.86. The molecule has 2 aromatic heterocycles. The van der Waals surface area contributed by atoms with Gasteiger partial charge in [-0.1, -0.05) is 37.3 Å². The fourth-order valence-corrected chi connectivity index (χ4v) is 3.51. The zero-order valence-electron chi connectivity index (χ0n) is 17.5. The van der Waals surface area contributed by atoms with Gasteiger partial charge in [-0.25, -0.2) is 9.78 Å². The number of aryl methyl sites for hydroxylation is 2. The lowest BCUT2D eigenvalue weighted by molar-refractivity contribution is 0.0463. The highest BCUT2D eigenvalue weighted by atomic mass is 32.1. The molecule has 9 nitrogen and oxygen atoms in total. The number of rotatable bonds is 6. The summed E-state index contributed by atoms with van der Waals surface area (Å²) >= 11 is 0.958. The van der Waals surface area contributed by atoms with Crippen LogP contribution in [0, 0.1) is 19.8 Å². The minimum absolute atomic E-state index is 0.147. The summed E-state index contributed by atoms with van der Waals surface area (Å²) in [5.41, 5.74) is 0.841. The van der Waals surface area contributed by atoms with E-state index < -0.39 is 23.2 Å². The molecule has 0 aliphatic carbocycles. The van der Waals surface area contributed by atoms with Gasteiger partial charge in [0.1, 0.15) is 4.88 Å². The summed E-state index contributed by atoms with van der Waals surface area (Å²) in [7, 11) is 0. The highest BCUT2D eigenvalue weighted by molar-refractivity contribution is 7.17. The summed E-state index contributed by atoms with van der Waals surface area (Å²) in [4.78, 5) is 41.6. The summed E-state index contributed by atoms with van der Waals surface area (Å²) in [6.07, 6.45) is 0. The maximum absolute atomic E-state index is 12.7. The van der Waals surface area contributed by atoms with Crippen molar-refractivity contribution in [2.45, 2.75) is 27.7 Å². The van der Waals surface area contributed by atoms with Gasteiger partial charge in [0.05, 0.1) is 18.0 Å². The van der Waals surface area contributed by atoms with Crippen LogP contribution in [0.15, 0.2) is 35.1 Å². The van der Waals surface area contributed by atoms with Gasteiger partial charge in [0.25, 0.3) is 11.5 Å². The number of aromatic nitrogens is 3. The number of amides is 1. The first-order valence-electron chi connectivity index (χ1n) is 9.52. The van der Waals surface area contributed by atoms with E-state index in [9.17, 15) is 19.5 Å². The Labute approximate surface area is 182 Å². The number of nitrogens with one attached hydrogen (secondary N) is 1. The second-order valence-electron chi connectivity index (χ2n) is 7.35. The van der Waals surface area contributed by atoms with Crippen LogP contribution in [0.1, 0.15) is 45.3 Å². The van der Waals surface area contributed by atoms with Gasteiger partial charge in [0.15, 0.2) is 16.6 Å². The van der Waals surface area contributed by atoms with Crippen molar-refractivity contribution < 1.29 is 19.4 Å². The summed E-state index contributed by atoms with van der Waals surface area (Å²) in [5.74, 6) is -1.65. The molecule has 162 valence electrons. The van der Waals surface area contributed by atoms with E-state index in [2.05, 4.69) is 15.4 Å². The topological polar surface area (TPSA) is 123 Å². The van der Waals surface area contributed by atoms with Crippen LogP contribution in [0.25, 0.3) is 5.69 Å². The van der Waals surface area contributed by atoms with Crippen LogP contribution in [0.3, 0.4) is 0 Å². The van der Waals surface area contributed by atoms with E-state index in [1.807, 2.05) is 26.8 Å². The third kappa shape index (κ3) is 5.15. The molecule has 3 rings (SSSR count). The largest absolute Gasteiger partial charge is 0.505 e. The van der Waals surface area contributed by atoms with Crippen LogP contribution in [0.4, 0.5) is 5.13 Å². The lowest BCUT2D eigenvalue weighted by atomic mass is 10.2. The molecule has 0 saturated carbocycles. The fraction of sp³-hybridized carbons (Fsp3) is 0.286. The molecule has 0 radical (unpaired) electrons. The van der Waals surface area contributed by atoms with Crippen molar-refractivity contribution in [2.75, 3.05) is 11.9 Å². The van der Waals surface area contributed by atoms with Crippen LogP contribution >= 0.6 is 11.3 Å². The molecule has 0 bridgehead atoms. The minimum atomic E-state index is -0.769. The Kier molecular flexibility index (Phi) is 6.50. The number of ether oxygens (including phenoxy) is 1. The van der Waals surface area contributed by atoms with Gasteiger partial charge in [0, 0.05) is 6.07 Å². The van der Waals surface area contributed by atoms with Crippen LogP contribution in [0.2, 0.25) is 0 Å². The second-order valence-corrected chi connectivity index (χ2v) is 8.35. The Morgan fingerprint density at radius 1 is 1.26 bits per heavy atom. The lowest BCUT2D eigenvalue weighted by Gasteiger charge is -2.09. The molecule has 0 aliphatic rings. The Morgan fingerprint density at radius 3 is 2.68 bits per heavy atom. The maximum Gasteiger partial charge on any atom is 0.350 e. The summed E-state index contributed by atoms with van der Waals surface area (Å²) in [5, 5.41) is 16.8. The standard InChI is InChI=1S/C21H22N4O5S/c1-11(2)10-30-20(29)18-13(4)22-21(31-18)23-19(28)17-15(26)9-16(27)25(24-17)14-7-5-6-12(3)8-14/h5-9,11,26H,10H2,1-4H3,(H,22,23,28). The molecular formula is C21H22N4O5S. The summed E-state index contributed by atoms with van der Waals surface area (Å²) in [6, 6.07) is 7.93. The molecule has 0 fully saturated rings. The van der Waals surface area contributed by atoms with Gasteiger partial charge in [0.2, 0.25) is 0 Å². The number of nitrogens with zero attached hydrogens (tertiary/aromatic N) is 3. The van der Waals surface area contributed by atoms with Crippen LogP contribution in [-0.2, 0) is 4.74 Å². The minimum Gasteiger partial charge on any atom is -0.505 e. The highest BCUT2D eigenvalue weighted by Gasteiger charge is 2.21. The second kappa shape index (κ2) is 9.09. The summed E-state index contributed by atoms with van der Waals surface area (Å²) in [6.45, 7) is 7.61. The van der Waals surface area contributed by atoms with Crippen molar-refractivity contribution in [1.29, 1.82) is 0 Å². The van der Waals surface area contributed by atoms with Crippen LogP contribution in [0.5, 0.6) is 5.75 Å². The number of aromatic hydroxyl groups is 1. The van der Waals surface area contributed by atoms with Crippen molar-refractivity contribution in [2.24, 2.45) is 5.92 Å². The molecule has 10 heteroatoms. The molecule has 1 aromatic carbocycles. The van der Waals surface area contributed by atoms with E-state index in [0.717, 1.165) is 27.6 Å². The molecular weight excluding hydrogens is 420 g/mol. The predicted molar refractivity (Wildman–Crippen MR) is 116 cm³/mol. The Bertz CT molecular complexity index is 1200. The lowest BCUT2D eigenvalue weighted by Crippen LogP contribution is -2.25. The number of thiazole rings is 1. The quantitative estimate of drug-likeness (QED) is 0.562. The molecule has 2 N–H and O–H groups in total. The molecule has 2 heterocycles. The monoisotopic (exact) mass is 442 g/mol. The third-order valence-electron chi connectivity index (χ3n) is 4.12. The van der Waals surface area contributed by atoms with E-state index in [1.165, 1.54) is 0 Å². The predicted octanol–water partition coefficient (Wildman–Crippen LogP) is 3.08. The van der Waals surface area contributed by atoms with Gasteiger partial charge >= 0.3 is 5.97 Å². The molecule has 1 amide bonds. The highest BCUT2D eigenvalue weighted by Crippen LogP contribution is 2.25. The summed E-state index contributed by atoms with van der Waals surface area (Å²) < 4.78 is 6.24. The van der Waals surface area contributed by atoms with E-state index in [-0.39, 0.29) is 28.2 Å².